The molecule has 0 spiro atoms. The van der Waals surface area contributed by atoms with Crippen LogP contribution < -0.4 is 16.4 Å². The molecular formula is C50H25BN4. The van der Waals surface area contributed by atoms with Gasteiger partial charge in [-0.2, -0.15) is 10.5 Å². The van der Waals surface area contributed by atoms with Gasteiger partial charge in [0.15, 0.2) is 0 Å². The van der Waals surface area contributed by atoms with Crippen LogP contribution in [0, 0.1) is 22.7 Å². The largest absolute Gasteiger partial charge is 0.310 e. The van der Waals surface area contributed by atoms with Crippen molar-refractivity contribution in [3.05, 3.63) is 163 Å². The summed E-state index contributed by atoms with van der Waals surface area (Å²) in [5.41, 5.74) is 14.3. The van der Waals surface area contributed by atoms with Crippen LogP contribution in [0.5, 0.6) is 0 Å². The fourth-order valence-electron chi connectivity index (χ4n) is 10.2. The first-order valence-electron chi connectivity index (χ1n) is 18.7. The molecule has 0 N–H and O–H groups in total. The zero-order valence-corrected chi connectivity index (χ0v) is 29.3. The van der Waals surface area contributed by atoms with Crippen molar-refractivity contribution < 1.29 is 0 Å². The molecule has 0 saturated carbocycles. The Hall–Kier alpha value is -7.60. The van der Waals surface area contributed by atoms with Gasteiger partial charge in [0.25, 0.3) is 6.71 Å². The number of benzene rings is 9. The van der Waals surface area contributed by atoms with E-state index in [-0.39, 0.29) is 6.71 Å². The number of hydrogen-bond donors (Lipinski definition) is 0. The third-order valence-electron chi connectivity index (χ3n) is 12.4. The summed E-state index contributed by atoms with van der Waals surface area (Å²) in [6.07, 6.45) is 0. The lowest BCUT2D eigenvalue weighted by Crippen LogP contribution is -2.59. The first-order chi connectivity index (χ1) is 27.2. The third kappa shape index (κ3) is 3.56. The minimum Gasteiger partial charge on any atom is -0.310 e. The smallest absolute Gasteiger partial charge is 0.252 e. The molecule has 9 aromatic carbocycles. The van der Waals surface area contributed by atoms with Crippen LogP contribution in [0.15, 0.2) is 152 Å². The summed E-state index contributed by atoms with van der Waals surface area (Å²) in [5, 5.41) is 32.0. The summed E-state index contributed by atoms with van der Waals surface area (Å²) in [4.78, 5) is 0. The number of hydrogen-bond acceptors (Lipinski definition) is 2. The molecule has 0 unspecified atom stereocenters. The van der Waals surface area contributed by atoms with Crippen LogP contribution in [-0.4, -0.2) is 15.8 Å². The van der Waals surface area contributed by atoms with Gasteiger partial charge in [-0.3, -0.25) is 0 Å². The zero-order valence-electron chi connectivity index (χ0n) is 29.3. The molecule has 2 aliphatic rings. The van der Waals surface area contributed by atoms with Crippen LogP contribution >= 0.6 is 0 Å². The number of nitriles is 2. The van der Waals surface area contributed by atoms with Crippen molar-refractivity contribution in [1.29, 1.82) is 10.5 Å². The van der Waals surface area contributed by atoms with E-state index in [1.165, 1.54) is 70.5 Å². The molecule has 0 aliphatic carbocycles. The number of aromatic nitrogens is 2. The van der Waals surface area contributed by atoms with E-state index in [4.69, 9.17) is 0 Å². The molecular weight excluding hydrogens is 667 g/mol. The van der Waals surface area contributed by atoms with Crippen LogP contribution in [0.3, 0.4) is 0 Å². The van der Waals surface area contributed by atoms with Crippen LogP contribution in [0.4, 0.5) is 0 Å². The SMILES string of the molecule is N#Cc1ccc2c(c1)c1c3ccccc3cc3c1n2-c1cc(-c2ccc4ccccc4c2)cc2c1B3c1cc3ccccc3c3c4cc(C#N)ccc4n-2c13. The minimum atomic E-state index is -0.0608. The summed E-state index contributed by atoms with van der Waals surface area (Å²) in [6, 6.07) is 59.5. The standard InChI is InChI=1S/C50H25BN4/c52-26-28-13-17-42-38(19-28)46-36-11-5-3-9-33(36)22-40-49(46)54(42)44-24-35(32-16-15-30-7-1-2-8-31(30)21-32)25-45-48(44)51(40)41-23-34-10-4-6-12-37(34)47-39-20-29(27-53)14-18-43(39)55(45)50(41)47/h1-25H. The maximum Gasteiger partial charge on any atom is 0.252 e. The summed E-state index contributed by atoms with van der Waals surface area (Å²) in [6.45, 7) is -0.0608. The number of fused-ring (bicyclic) bond motifs is 15. The normalized spacial score (nSPS) is 12.7. The van der Waals surface area contributed by atoms with Crippen molar-refractivity contribution in [3.8, 4) is 34.6 Å². The van der Waals surface area contributed by atoms with Gasteiger partial charge in [0.2, 0.25) is 0 Å². The molecule has 11 aromatic rings. The second kappa shape index (κ2) is 10.1. The summed E-state index contributed by atoms with van der Waals surface area (Å²) >= 11 is 0. The van der Waals surface area contributed by atoms with Gasteiger partial charge in [-0.05, 0) is 114 Å². The molecule has 248 valence electrons. The Morgan fingerprint density at radius 1 is 0.418 bits per heavy atom. The Balaban J connectivity index is 1.29. The van der Waals surface area contributed by atoms with Crippen molar-refractivity contribution in [2.24, 2.45) is 0 Å². The van der Waals surface area contributed by atoms with Crippen LogP contribution in [-0.2, 0) is 0 Å². The summed E-state index contributed by atoms with van der Waals surface area (Å²) in [5.74, 6) is 0. The lowest BCUT2D eigenvalue weighted by atomic mass is 9.34. The number of nitrogens with zero attached hydrogens (tertiary/aromatic N) is 4. The fourth-order valence-corrected chi connectivity index (χ4v) is 10.2. The van der Waals surface area contributed by atoms with Gasteiger partial charge >= 0.3 is 0 Å². The fraction of sp³-hybridized carbons (Fsp3) is 0. The molecule has 0 amide bonds. The molecule has 0 fully saturated rings. The highest BCUT2D eigenvalue weighted by molar-refractivity contribution is 7.00. The molecule has 0 saturated heterocycles. The van der Waals surface area contributed by atoms with Crippen molar-refractivity contribution in [2.75, 3.05) is 0 Å². The molecule has 4 heterocycles. The molecule has 0 radical (unpaired) electrons. The predicted octanol–water partition coefficient (Wildman–Crippen LogP) is 9.89. The van der Waals surface area contributed by atoms with E-state index in [0.29, 0.717) is 11.1 Å². The van der Waals surface area contributed by atoms with Crippen molar-refractivity contribution in [1.82, 2.24) is 9.13 Å². The van der Waals surface area contributed by atoms with E-state index in [9.17, 15) is 10.5 Å². The second-order valence-corrected chi connectivity index (χ2v) is 15.1. The first kappa shape index (κ1) is 28.9. The monoisotopic (exact) mass is 692 g/mol. The minimum absolute atomic E-state index is 0.0608. The van der Waals surface area contributed by atoms with Crippen LogP contribution in [0.2, 0.25) is 0 Å². The topological polar surface area (TPSA) is 57.4 Å². The molecule has 2 aromatic heterocycles. The lowest BCUT2D eigenvalue weighted by Gasteiger charge is -2.34. The molecule has 0 bridgehead atoms. The molecule has 0 atom stereocenters. The lowest BCUT2D eigenvalue weighted by molar-refractivity contribution is 1.14. The van der Waals surface area contributed by atoms with Gasteiger partial charge < -0.3 is 9.13 Å². The molecule has 55 heavy (non-hydrogen) atoms. The molecule has 4 nitrogen and oxygen atoms in total. The maximum absolute atomic E-state index is 10.1. The highest BCUT2D eigenvalue weighted by Crippen LogP contribution is 2.44. The van der Waals surface area contributed by atoms with Gasteiger partial charge in [0.05, 0.1) is 45.3 Å². The Morgan fingerprint density at radius 3 is 1.47 bits per heavy atom. The third-order valence-corrected chi connectivity index (χ3v) is 12.4. The van der Waals surface area contributed by atoms with Gasteiger partial charge in [-0.1, -0.05) is 97.1 Å². The highest BCUT2D eigenvalue weighted by Gasteiger charge is 2.42. The van der Waals surface area contributed by atoms with E-state index in [1.54, 1.807) is 0 Å². The summed E-state index contributed by atoms with van der Waals surface area (Å²) in [7, 11) is 0. The predicted molar refractivity (Wildman–Crippen MR) is 227 cm³/mol. The van der Waals surface area contributed by atoms with Gasteiger partial charge in [0, 0.05) is 32.9 Å². The van der Waals surface area contributed by atoms with Crippen LogP contribution in [0.1, 0.15) is 11.1 Å². The van der Waals surface area contributed by atoms with Gasteiger partial charge in [-0.25, -0.2) is 0 Å². The van der Waals surface area contributed by atoms with E-state index in [0.717, 1.165) is 44.3 Å². The maximum atomic E-state index is 10.1. The quantitative estimate of drug-likeness (QED) is 0.161. The Labute approximate surface area is 315 Å². The van der Waals surface area contributed by atoms with E-state index in [2.05, 4.69) is 161 Å². The van der Waals surface area contributed by atoms with Crippen molar-refractivity contribution in [3.63, 3.8) is 0 Å². The van der Waals surface area contributed by atoms with E-state index >= 15 is 0 Å². The van der Waals surface area contributed by atoms with Crippen molar-refractivity contribution in [2.45, 2.75) is 0 Å². The second-order valence-electron chi connectivity index (χ2n) is 15.1. The average Bonchev–Trinajstić information content (AvgIpc) is 3.77. The Kier molecular flexibility index (Phi) is 5.30. The van der Waals surface area contributed by atoms with Crippen molar-refractivity contribution >= 4 is 99.0 Å². The van der Waals surface area contributed by atoms with Crippen LogP contribution in [0.25, 0.3) is 98.4 Å². The average molecular weight is 693 g/mol. The van der Waals surface area contributed by atoms with E-state index in [1.807, 2.05) is 12.1 Å². The first-order valence-corrected chi connectivity index (χ1v) is 18.7. The Morgan fingerprint density at radius 2 is 0.927 bits per heavy atom. The molecule has 5 heteroatoms. The van der Waals surface area contributed by atoms with E-state index < -0.39 is 0 Å². The molecule has 13 rings (SSSR count). The summed E-state index contributed by atoms with van der Waals surface area (Å²) < 4.78 is 4.96. The van der Waals surface area contributed by atoms with Gasteiger partial charge in [-0.15, -0.1) is 0 Å². The zero-order chi connectivity index (χ0) is 36.1. The highest BCUT2D eigenvalue weighted by atomic mass is 15.0. The number of rotatable bonds is 1. The Bertz CT molecular complexity index is 3500. The van der Waals surface area contributed by atoms with Gasteiger partial charge in [0.1, 0.15) is 0 Å². The molecule has 2 aliphatic heterocycles.